The number of rotatable bonds is 24. The van der Waals surface area contributed by atoms with Crippen LogP contribution < -0.4 is 18.9 Å². The number of esters is 4. The molecule has 4 aromatic carbocycles. The highest BCUT2D eigenvalue weighted by Crippen LogP contribution is 2.33. The van der Waals surface area contributed by atoms with Gasteiger partial charge in [0.15, 0.2) is 0 Å². The van der Waals surface area contributed by atoms with Gasteiger partial charge < -0.3 is 37.9 Å². The lowest BCUT2D eigenvalue weighted by molar-refractivity contribution is -0.139. The minimum Gasteiger partial charge on any atom is -0.490 e. The molecule has 316 valence electrons. The lowest BCUT2D eigenvalue weighted by atomic mass is 9.78. The molecule has 12 nitrogen and oxygen atoms in total. The summed E-state index contributed by atoms with van der Waals surface area (Å²) in [5.74, 6) is 0.980. The maximum absolute atomic E-state index is 11.0. The molecular formula is C48H52O12. The van der Waals surface area contributed by atoms with Crippen molar-refractivity contribution in [3.63, 3.8) is 0 Å². The maximum Gasteiger partial charge on any atom is 0.330 e. The smallest absolute Gasteiger partial charge is 0.330 e. The fourth-order valence-electron chi connectivity index (χ4n) is 5.19. The summed E-state index contributed by atoms with van der Waals surface area (Å²) in [5, 5.41) is 0. The van der Waals surface area contributed by atoms with Crippen molar-refractivity contribution in [1.82, 2.24) is 0 Å². The predicted octanol–water partition coefficient (Wildman–Crippen LogP) is 7.72. The van der Waals surface area contributed by atoms with Gasteiger partial charge in [0.2, 0.25) is 0 Å². The van der Waals surface area contributed by atoms with Gasteiger partial charge in [-0.05, 0) is 77.2 Å². The van der Waals surface area contributed by atoms with Crippen LogP contribution in [-0.2, 0) is 50.0 Å². The average molecular weight is 821 g/mol. The number of benzene rings is 4. The molecule has 0 heterocycles. The zero-order valence-corrected chi connectivity index (χ0v) is 34.1. The SMILES string of the molecule is C=CC(=O)OCCOc1ccc(C(C)(C)c2ccc(OCCOC(=O)C=C)cc2)cc1.C=CC(=O)OCCOc1ccc(Cc2ccc(OCCOC(=O)C=C)cc2)cc1. The van der Waals surface area contributed by atoms with Crippen molar-refractivity contribution >= 4 is 23.9 Å². The molecule has 0 N–H and O–H groups in total. The Hall–Kier alpha value is -7.08. The van der Waals surface area contributed by atoms with E-state index in [1.54, 1.807) is 0 Å². The summed E-state index contributed by atoms with van der Waals surface area (Å²) < 4.78 is 41.7. The summed E-state index contributed by atoms with van der Waals surface area (Å²) in [6.45, 7) is 19.4. The molecule has 0 aliphatic rings. The lowest BCUT2D eigenvalue weighted by Gasteiger charge is -2.26. The fraction of sp³-hybridized carbons (Fsp3) is 0.250. The van der Waals surface area contributed by atoms with Crippen LogP contribution in [0.2, 0.25) is 0 Å². The zero-order valence-electron chi connectivity index (χ0n) is 34.1. The molecule has 4 aromatic rings. The molecule has 0 saturated heterocycles. The van der Waals surface area contributed by atoms with Crippen LogP contribution in [-0.4, -0.2) is 76.7 Å². The number of carbonyl (C=O) groups excluding carboxylic acids is 4. The molecule has 0 amide bonds. The minimum absolute atomic E-state index is 0.170. The Kier molecular flexibility index (Phi) is 20.5. The van der Waals surface area contributed by atoms with Gasteiger partial charge in [-0.15, -0.1) is 0 Å². The predicted molar refractivity (Wildman–Crippen MR) is 227 cm³/mol. The van der Waals surface area contributed by atoms with Crippen LogP contribution in [0.25, 0.3) is 0 Å². The van der Waals surface area contributed by atoms with Crippen molar-refractivity contribution in [3.05, 3.63) is 170 Å². The van der Waals surface area contributed by atoms with E-state index in [9.17, 15) is 19.2 Å². The summed E-state index contributed by atoms with van der Waals surface area (Å²) in [4.78, 5) is 43.9. The molecule has 0 unspecified atom stereocenters. The van der Waals surface area contributed by atoms with Crippen molar-refractivity contribution in [3.8, 4) is 23.0 Å². The first-order valence-electron chi connectivity index (χ1n) is 19.0. The second-order valence-corrected chi connectivity index (χ2v) is 13.0. The Morgan fingerprint density at radius 2 is 0.633 bits per heavy atom. The van der Waals surface area contributed by atoms with E-state index < -0.39 is 23.9 Å². The molecule has 0 radical (unpaired) electrons. The minimum atomic E-state index is -0.465. The Bertz CT molecular complexity index is 1840. The topological polar surface area (TPSA) is 142 Å². The van der Waals surface area contributed by atoms with E-state index in [2.05, 4.69) is 40.2 Å². The van der Waals surface area contributed by atoms with Gasteiger partial charge >= 0.3 is 23.9 Å². The molecule has 0 bridgehead atoms. The summed E-state index contributed by atoms with van der Waals surface area (Å²) in [5.41, 5.74) is 4.31. The highest BCUT2D eigenvalue weighted by Gasteiger charge is 2.23. The number of hydrogen-bond donors (Lipinski definition) is 0. The van der Waals surface area contributed by atoms with Crippen LogP contribution in [0.1, 0.15) is 36.1 Å². The van der Waals surface area contributed by atoms with Gasteiger partial charge in [-0.3, -0.25) is 0 Å². The summed E-state index contributed by atoms with van der Waals surface area (Å²) >= 11 is 0. The molecule has 0 saturated carbocycles. The lowest BCUT2D eigenvalue weighted by Crippen LogP contribution is -2.19. The third kappa shape index (κ3) is 17.6. The van der Waals surface area contributed by atoms with E-state index in [1.807, 2.05) is 97.1 Å². The highest BCUT2D eigenvalue weighted by atomic mass is 16.6. The Morgan fingerprint density at radius 1 is 0.400 bits per heavy atom. The molecule has 0 spiro atoms. The van der Waals surface area contributed by atoms with Crippen LogP contribution in [0.5, 0.6) is 23.0 Å². The maximum atomic E-state index is 11.0. The van der Waals surface area contributed by atoms with Crippen LogP contribution in [0.4, 0.5) is 0 Å². The monoisotopic (exact) mass is 820 g/mol. The first-order chi connectivity index (χ1) is 29.0. The Balaban J connectivity index is 0.000000321. The largest absolute Gasteiger partial charge is 0.490 e. The Labute approximate surface area is 351 Å². The van der Waals surface area contributed by atoms with Crippen molar-refractivity contribution in [2.45, 2.75) is 25.7 Å². The van der Waals surface area contributed by atoms with Crippen LogP contribution in [0.3, 0.4) is 0 Å². The van der Waals surface area contributed by atoms with Gasteiger partial charge in [0.05, 0.1) is 0 Å². The second kappa shape index (κ2) is 26.0. The second-order valence-electron chi connectivity index (χ2n) is 13.0. The summed E-state index contributed by atoms with van der Waals surface area (Å²) in [7, 11) is 0. The quantitative estimate of drug-likeness (QED) is 0.0296. The van der Waals surface area contributed by atoms with Crippen molar-refractivity contribution < 1.29 is 57.1 Å². The van der Waals surface area contributed by atoms with Gasteiger partial charge in [-0.2, -0.15) is 0 Å². The molecule has 0 atom stereocenters. The molecule has 0 aliphatic carbocycles. The van der Waals surface area contributed by atoms with E-state index in [1.165, 1.54) is 0 Å². The van der Waals surface area contributed by atoms with E-state index in [0.717, 1.165) is 53.0 Å². The number of carbonyl (C=O) groups is 4. The molecule has 0 aromatic heterocycles. The van der Waals surface area contributed by atoms with E-state index in [4.69, 9.17) is 37.9 Å². The first-order valence-corrected chi connectivity index (χ1v) is 19.0. The van der Waals surface area contributed by atoms with E-state index in [-0.39, 0.29) is 58.3 Å². The van der Waals surface area contributed by atoms with Gasteiger partial charge in [0.1, 0.15) is 75.9 Å². The van der Waals surface area contributed by atoms with Crippen LogP contribution in [0.15, 0.2) is 148 Å². The van der Waals surface area contributed by atoms with Gasteiger partial charge in [-0.25, -0.2) is 19.2 Å². The molecular weight excluding hydrogens is 769 g/mol. The molecule has 12 heteroatoms. The average Bonchev–Trinajstić information content (AvgIpc) is 3.28. The summed E-state index contributed by atoms with van der Waals surface area (Å²) in [6.07, 6.45) is 5.25. The van der Waals surface area contributed by atoms with Gasteiger partial charge in [0.25, 0.3) is 0 Å². The Morgan fingerprint density at radius 3 is 0.867 bits per heavy atom. The number of hydrogen-bond acceptors (Lipinski definition) is 12. The molecule has 0 aliphatic heterocycles. The van der Waals surface area contributed by atoms with Crippen LogP contribution in [0, 0.1) is 0 Å². The molecule has 4 rings (SSSR count). The third-order valence-corrected chi connectivity index (χ3v) is 8.46. The van der Waals surface area contributed by atoms with E-state index >= 15 is 0 Å². The highest BCUT2D eigenvalue weighted by molar-refractivity contribution is 5.82. The fourth-order valence-corrected chi connectivity index (χ4v) is 5.19. The van der Waals surface area contributed by atoms with Crippen LogP contribution >= 0.6 is 0 Å². The first kappa shape index (κ1) is 47.3. The van der Waals surface area contributed by atoms with E-state index in [0.29, 0.717) is 23.0 Å². The van der Waals surface area contributed by atoms with Gasteiger partial charge in [-0.1, -0.05) is 88.7 Å². The van der Waals surface area contributed by atoms with Crippen molar-refractivity contribution in [2.75, 3.05) is 52.9 Å². The van der Waals surface area contributed by atoms with Crippen molar-refractivity contribution in [2.24, 2.45) is 0 Å². The molecule has 0 fully saturated rings. The molecule has 60 heavy (non-hydrogen) atoms. The third-order valence-electron chi connectivity index (χ3n) is 8.46. The number of ether oxygens (including phenoxy) is 8. The normalized spacial score (nSPS) is 10.3. The van der Waals surface area contributed by atoms with Crippen molar-refractivity contribution in [1.29, 1.82) is 0 Å². The zero-order chi connectivity index (χ0) is 43.6. The summed E-state index contributed by atoms with van der Waals surface area (Å²) in [6, 6.07) is 31.1. The van der Waals surface area contributed by atoms with Gasteiger partial charge in [0, 0.05) is 29.7 Å². The standard InChI is InChI=1S/C25H28O6.C23H24O6/c1-5-23(26)30-17-15-28-21-11-7-19(8-12-21)25(3,4)20-9-13-22(14-10-20)29-16-18-31-24(27)6-2;1-3-22(24)28-15-13-26-20-9-5-18(6-10-20)17-19-7-11-21(12-8-19)27-14-16-29-23(25)4-2/h5-14H,1-2,15-18H2,3-4H3;3-12H,1-2,13-17H2.